The number of nitrogens with zero attached hydrogens (tertiary/aromatic N) is 2. The highest BCUT2D eigenvalue weighted by atomic mass is 16.2. The van der Waals surface area contributed by atoms with Gasteiger partial charge in [0.1, 0.15) is 0 Å². The molecule has 1 aromatic heterocycles. The first-order chi connectivity index (χ1) is 11.8. The summed E-state index contributed by atoms with van der Waals surface area (Å²) in [5, 5.41) is 10.4. The van der Waals surface area contributed by atoms with Gasteiger partial charge in [-0.2, -0.15) is 5.10 Å². The lowest BCUT2D eigenvalue weighted by Crippen LogP contribution is -2.40. The maximum Gasteiger partial charge on any atom is 0.274 e. The molecule has 0 saturated heterocycles. The third kappa shape index (κ3) is 4.65. The minimum atomic E-state index is -0.479. The van der Waals surface area contributed by atoms with Gasteiger partial charge in [0.05, 0.1) is 11.9 Å². The summed E-state index contributed by atoms with van der Waals surface area (Å²) in [7, 11) is 0. The topological polar surface area (TPSA) is 93.1 Å². The van der Waals surface area contributed by atoms with E-state index < -0.39 is 5.91 Å². The molecule has 0 atom stereocenters. The monoisotopic (exact) mass is 344 g/mol. The summed E-state index contributed by atoms with van der Waals surface area (Å²) in [4.78, 5) is 36.8. The number of carbonyl (C=O) groups excluding carboxylic acids is 2. The highest BCUT2D eigenvalue weighted by Crippen LogP contribution is 2.13. The van der Waals surface area contributed by atoms with Crippen LogP contribution in [-0.4, -0.2) is 34.2 Å². The second kappa shape index (κ2) is 7.92. The van der Waals surface area contributed by atoms with E-state index >= 15 is 0 Å². The van der Waals surface area contributed by atoms with Crippen LogP contribution in [0.3, 0.4) is 0 Å². The summed E-state index contributed by atoms with van der Waals surface area (Å²) in [6.07, 6.45) is 0. The van der Waals surface area contributed by atoms with Crippen LogP contribution < -0.4 is 16.2 Å². The molecule has 7 heteroatoms. The number of carbonyl (C=O) groups is 2. The van der Waals surface area contributed by atoms with Gasteiger partial charge < -0.3 is 10.6 Å². The Labute approximate surface area is 146 Å². The van der Waals surface area contributed by atoms with Gasteiger partial charge in [0.2, 0.25) is 5.91 Å². The summed E-state index contributed by atoms with van der Waals surface area (Å²) in [6, 6.07) is 6.86. The van der Waals surface area contributed by atoms with Crippen LogP contribution >= 0.6 is 0 Å². The number of amides is 2. The largest absolute Gasteiger partial charge is 0.352 e. The van der Waals surface area contributed by atoms with E-state index in [-0.39, 0.29) is 35.7 Å². The van der Waals surface area contributed by atoms with Crippen molar-refractivity contribution >= 4 is 22.6 Å². The number of fused-ring (bicyclic) bond motifs is 1. The van der Waals surface area contributed by atoms with Crippen molar-refractivity contribution in [1.82, 2.24) is 20.4 Å². The molecule has 2 amide bonds. The molecular formula is C18H24N4O3. The quantitative estimate of drug-likeness (QED) is 0.826. The third-order valence-electron chi connectivity index (χ3n) is 3.48. The predicted molar refractivity (Wildman–Crippen MR) is 96.5 cm³/mol. The second-order valence-corrected chi connectivity index (χ2v) is 6.68. The van der Waals surface area contributed by atoms with Gasteiger partial charge in [-0.3, -0.25) is 14.4 Å². The maximum atomic E-state index is 12.5. The fourth-order valence-corrected chi connectivity index (χ4v) is 2.49. The molecule has 0 aliphatic rings. The number of aromatic nitrogens is 2. The molecule has 0 bridgehead atoms. The van der Waals surface area contributed by atoms with Crippen LogP contribution in [0.1, 0.15) is 38.2 Å². The molecule has 2 aromatic rings. The van der Waals surface area contributed by atoms with Crippen LogP contribution in [0, 0.1) is 5.92 Å². The maximum absolute atomic E-state index is 12.5. The molecule has 0 aliphatic carbocycles. The van der Waals surface area contributed by atoms with Gasteiger partial charge in [-0.1, -0.05) is 32.0 Å². The van der Waals surface area contributed by atoms with Gasteiger partial charge in [-0.25, -0.2) is 4.68 Å². The molecule has 1 aromatic carbocycles. The average molecular weight is 344 g/mol. The van der Waals surface area contributed by atoms with E-state index in [2.05, 4.69) is 15.7 Å². The Kier molecular flexibility index (Phi) is 5.90. The molecule has 25 heavy (non-hydrogen) atoms. The van der Waals surface area contributed by atoms with Crippen LogP contribution in [0.15, 0.2) is 29.1 Å². The summed E-state index contributed by atoms with van der Waals surface area (Å²) in [5.41, 5.74) is -0.0772. The lowest BCUT2D eigenvalue weighted by Gasteiger charge is -2.13. The van der Waals surface area contributed by atoms with Crippen LogP contribution in [0.4, 0.5) is 0 Å². The molecule has 2 N–H and O–H groups in total. The normalized spacial score (nSPS) is 11.1. The Balaban J connectivity index is 2.35. The number of benzene rings is 1. The van der Waals surface area contributed by atoms with Crippen molar-refractivity contribution < 1.29 is 9.59 Å². The van der Waals surface area contributed by atoms with Crippen molar-refractivity contribution in [1.29, 1.82) is 0 Å². The molecule has 0 aliphatic heterocycles. The molecular weight excluding hydrogens is 320 g/mol. The van der Waals surface area contributed by atoms with Gasteiger partial charge in [0.15, 0.2) is 5.69 Å². The van der Waals surface area contributed by atoms with E-state index in [1.807, 2.05) is 27.7 Å². The van der Waals surface area contributed by atoms with Crippen molar-refractivity contribution in [2.75, 3.05) is 6.54 Å². The minimum absolute atomic E-state index is 0.00342. The summed E-state index contributed by atoms with van der Waals surface area (Å²) in [5.74, 6) is -0.546. The van der Waals surface area contributed by atoms with Crippen molar-refractivity contribution in [3.8, 4) is 0 Å². The van der Waals surface area contributed by atoms with Crippen LogP contribution in [0.2, 0.25) is 0 Å². The third-order valence-corrected chi connectivity index (χ3v) is 3.48. The van der Waals surface area contributed by atoms with Crippen LogP contribution in [0.25, 0.3) is 10.8 Å². The number of rotatable bonds is 6. The molecule has 0 spiro atoms. The first-order valence-corrected chi connectivity index (χ1v) is 8.37. The zero-order chi connectivity index (χ0) is 18.6. The Hall–Kier alpha value is -2.70. The van der Waals surface area contributed by atoms with Crippen molar-refractivity contribution in [2.24, 2.45) is 5.92 Å². The Morgan fingerprint density at radius 2 is 1.76 bits per heavy atom. The van der Waals surface area contributed by atoms with E-state index in [1.54, 1.807) is 24.3 Å². The van der Waals surface area contributed by atoms with Gasteiger partial charge in [-0.05, 0) is 25.8 Å². The van der Waals surface area contributed by atoms with Crippen molar-refractivity contribution in [3.05, 3.63) is 40.3 Å². The average Bonchev–Trinajstić information content (AvgIpc) is 2.54. The molecule has 134 valence electrons. The fourth-order valence-electron chi connectivity index (χ4n) is 2.49. The van der Waals surface area contributed by atoms with Crippen molar-refractivity contribution in [3.63, 3.8) is 0 Å². The lowest BCUT2D eigenvalue weighted by atomic mass is 10.1. The lowest BCUT2D eigenvalue weighted by molar-refractivity contribution is -0.120. The minimum Gasteiger partial charge on any atom is -0.352 e. The Morgan fingerprint density at radius 1 is 1.12 bits per heavy atom. The van der Waals surface area contributed by atoms with E-state index in [1.165, 1.54) is 4.68 Å². The standard InChI is InChI=1S/C18H24N4O3/c1-11(2)10-22-18(25)14-8-6-5-7-13(14)16(21-22)17(24)19-9-15(23)20-12(3)4/h5-8,11-12H,9-10H2,1-4H3,(H,19,24)(H,20,23). The van der Waals surface area contributed by atoms with Gasteiger partial charge >= 0.3 is 0 Å². The van der Waals surface area contributed by atoms with Crippen LogP contribution in [-0.2, 0) is 11.3 Å². The van der Waals surface area contributed by atoms with E-state index in [0.29, 0.717) is 17.3 Å². The SMILES string of the molecule is CC(C)Cn1nc(C(=O)NCC(=O)NC(C)C)c2ccccc2c1=O. The predicted octanol–water partition coefficient (Wildman–Crippen LogP) is 1.31. The number of hydrogen-bond acceptors (Lipinski definition) is 4. The highest BCUT2D eigenvalue weighted by Gasteiger charge is 2.17. The zero-order valence-corrected chi connectivity index (χ0v) is 15.0. The Morgan fingerprint density at radius 3 is 2.36 bits per heavy atom. The first-order valence-electron chi connectivity index (χ1n) is 8.37. The molecule has 0 fully saturated rings. The van der Waals surface area contributed by atoms with E-state index in [4.69, 9.17) is 0 Å². The summed E-state index contributed by atoms with van der Waals surface area (Å²) >= 11 is 0. The molecule has 7 nitrogen and oxygen atoms in total. The summed E-state index contributed by atoms with van der Waals surface area (Å²) < 4.78 is 1.32. The van der Waals surface area contributed by atoms with Gasteiger partial charge in [0.25, 0.3) is 11.5 Å². The van der Waals surface area contributed by atoms with E-state index in [0.717, 1.165) is 0 Å². The summed E-state index contributed by atoms with van der Waals surface area (Å²) in [6.45, 7) is 7.90. The van der Waals surface area contributed by atoms with E-state index in [9.17, 15) is 14.4 Å². The van der Waals surface area contributed by atoms with Crippen LogP contribution in [0.5, 0.6) is 0 Å². The van der Waals surface area contributed by atoms with Gasteiger partial charge in [-0.15, -0.1) is 0 Å². The number of hydrogen-bond donors (Lipinski definition) is 2. The molecule has 2 rings (SSSR count). The first kappa shape index (κ1) is 18.6. The highest BCUT2D eigenvalue weighted by molar-refractivity contribution is 6.05. The van der Waals surface area contributed by atoms with Crippen molar-refractivity contribution in [2.45, 2.75) is 40.3 Å². The zero-order valence-electron chi connectivity index (χ0n) is 15.0. The smallest absolute Gasteiger partial charge is 0.274 e. The molecule has 0 unspecified atom stereocenters. The molecule has 0 radical (unpaired) electrons. The van der Waals surface area contributed by atoms with Gasteiger partial charge in [0, 0.05) is 18.0 Å². The molecule has 1 heterocycles. The second-order valence-electron chi connectivity index (χ2n) is 6.68. The Bertz CT molecular complexity index is 840. The number of nitrogens with one attached hydrogen (secondary N) is 2. The molecule has 0 saturated carbocycles. The fraction of sp³-hybridized carbons (Fsp3) is 0.444.